The van der Waals surface area contributed by atoms with Crippen molar-refractivity contribution < 1.29 is 4.79 Å². The second kappa shape index (κ2) is 8.75. The largest absolute Gasteiger partial charge is 0.355 e. The normalized spacial score (nSPS) is 11.2. The van der Waals surface area contributed by atoms with Gasteiger partial charge in [-0.15, -0.1) is 0 Å². The van der Waals surface area contributed by atoms with Gasteiger partial charge in [0.25, 0.3) is 0 Å². The summed E-state index contributed by atoms with van der Waals surface area (Å²) in [6, 6.07) is 19.3. The van der Waals surface area contributed by atoms with Crippen molar-refractivity contribution in [1.29, 1.82) is 0 Å². The van der Waals surface area contributed by atoms with E-state index >= 15 is 0 Å². The summed E-state index contributed by atoms with van der Waals surface area (Å²) in [6.45, 7) is 6.24. The van der Waals surface area contributed by atoms with Crippen LogP contribution in [0.1, 0.15) is 32.6 Å². The molecule has 3 nitrogen and oxygen atoms in total. The number of aromatic nitrogens is 1. The first kappa shape index (κ1) is 20.8. The Morgan fingerprint density at radius 3 is 2.42 bits per heavy atom. The first-order valence-corrected chi connectivity index (χ1v) is 10.5. The molecule has 1 N–H and O–H groups in total. The van der Waals surface area contributed by atoms with E-state index in [2.05, 4.69) is 43.2 Å². The molecule has 154 valence electrons. The minimum Gasteiger partial charge on any atom is -0.355 e. The molecule has 31 heavy (non-hydrogen) atoms. The molecule has 0 saturated heterocycles. The monoisotopic (exact) mass is 426 g/mol. The molecule has 0 unspecified atom stereocenters. The maximum Gasteiger partial charge on any atom is 0.185 e. The number of hydrogen-bond donors (Lipinski definition) is 1. The molecule has 1 aromatic heterocycles. The molecule has 0 bridgehead atoms. The van der Waals surface area contributed by atoms with Crippen LogP contribution in [0, 0.1) is 20.8 Å². The van der Waals surface area contributed by atoms with Crippen molar-refractivity contribution in [3.05, 3.63) is 106 Å². The number of pyridine rings is 1. The topological polar surface area (TPSA) is 42.0 Å². The van der Waals surface area contributed by atoms with Crippen LogP contribution in [-0.2, 0) is 0 Å². The van der Waals surface area contributed by atoms with Crippen LogP contribution < -0.4 is 5.32 Å². The molecule has 3 aromatic carbocycles. The molecule has 0 atom stereocenters. The molecule has 1 heterocycles. The Morgan fingerprint density at radius 2 is 1.65 bits per heavy atom. The second-order valence-corrected chi connectivity index (χ2v) is 8.15. The highest BCUT2D eigenvalue weighted by atomic mass is 35.5. The van der Waals surface area contributed by atoms with E-state index in [1.165, 1.54) is 11.1 Å². The summed E-state index contributed by atoms with van der Waals surface area (Å²) >= 11 is 6.07. The highest BCUT2D eigenvalue weighted by Crippen LogP contribution is 2.27. The van der Waals surface area contributed by atoms with E-state index < -0.39 is 0 Å². The van der Waals surface area contributed by atoms with Crippen LogP contribution in [0.15, 0.2) is 72.9 Å². The quantitative estimate of drug-likeness (QED) is 0.266. The molecule has 0 amide bonds. The van der Waals surface area contributed by atoms with Crippen molar-refractivity contribution in [2.24, 2.45) is 0 Å². The van der Waals surface area contributed by atoms with E-state index in [4.69, 9.17) is 11.6 Å². The number of halogens is 1. The lowest BCUT2D eigenvalue weighted by molar-refractivity contribution is 0.104. The van der Waals surface area contributed by atoms with E-state index in [1.807, 2.05) is 54.6 Å². The fraction of sp³-hybridized carbons (Fsp3) is 0.111. The smallest absolute Gasteiger partial charge is 0.185 e. The second-order valence-electron chi connectivity index (χ2n) is 7.71. The van der Waals surface area contributed by atoms with Crippen LogP contribution in [0.5, 0.6) is 0 Å². The van der Waals surface area contributed by atoms with Gasteiger partial charge in [0, 0.05) is 33.5 Å². The maximum absolute atomic E-state index is 12.6. The first-order valence-electron chi connectivity index (χ1n) is 10.1. The molecular formula is C27H23ClN2O. The van der Waals surface area contributed by atoms with Crippen LogP contribution in [0.25, 0.3) is 17.0 Å². The Balaban J connectivity index is 1.51. The lowest BCUT2D eigenvalue weighted by atomic mass is 10.00. The third-order valence-corrected chi connectivity index (χ3v) is 5.68. The van der Waals surface area contributed by atoms with Crippen LogP contribution >= 0.6 is 11.6 Å². The number of anilines is 2. The zero-order chi connectivity index (χ0) is 22.0. The standard InChI is InChI=1S/C27H23ClN2O/c1-17-14-19(3)21(15-18(17)2)6-11-27(31)20-4-8-23(9-5-20)30-25-12-13-29-26-16-22(28)7-10-24(25)26/h4-16H,1-3H3,(H,29,30)/b11-6+. The number of aryl methyl sites for hydroxylation is 3. The van der Waals surface area contributed by atoms with Gasteiger partial charge in [-0.25, -0.2) is 0 Å². The van der Waals surface area contributed by atoms with Gasteiger partial charge in [0.15, 0.2) is 5.78 Å². The lowest BCUT2D eigenvalue weighted by Gasteiger charge is -2.10. The number of hydrogen-bond acceptors (Lipinski definition) is 3. The Labute approximate surface area is 187 Å². The van der Waals surface area contributed by atoms with Gasteiger partial charge in [-0.05, 0) is 97.6 Å². The summed E-state index contributed by atoms with van der Waals surface area (Å²) in [7, 11) is 0. The lowest BCUT2D eigenvalue weighted by Crippen LogP contribution is -1.97. The molecule has 0 aliphatic heterocycles. The fourth-order valence-corrected chi connectivity index (χ4v) is 3.69. The van der Waals surface area contributed by atoms with Crippen molar-refractivity contribution in [2.45, 2.75) is 20.8 Å². The molecule has 4 heteroatoms. The molecule has 4 aromatic rings. The zero-order valence-electron chi connectivity index (χ0n) is 17.7. The van der Waals surface area contributed by atoms with Crippen molar-refractivity contribution in [3.63, 3.8) is 0 Å². The predicted octanol–water partition coefficient (Wildman–Crippen LogP) is 7.45. The Hall–Kier alpha value is -3.43. The van der Waals surface area contributed by atoms with Gasteiger partial charge in [-0.3, -0.25) is 9.78 Å². The van der Waals surface area contributed by atoms with Crippen LogP contribution in [0.3, 0.4) is 0 Å². The molecule has 0 aliphatic rings. The van der Waals surface area contributed by atoms with E-state index in [0.717, 1.165) is 33.4 Å². The minimum atomic E-state index is -0.0202. The average Bonchev–Trinajstić information content (AvgIpc) is 2.75. The molecule has 0 radical (unpaired) electrons. The third kappa shape index (κ3) is 4.68. The predicted molar refractivity (Wildman–Crippen MR) is 130 cm³/mol. The molecule has 0 aliphatic carbocycles. The zero-order valence-corrected chi connectivity index (χ0v) is 18.5. The average molecular weight is 427 g/mol. The van der Waals surface area contributed by atoms with Crippen LogP contribution in [0.4, 0.5) is 11.4 Å². The Bertz CT molecular complexity index is 1310. The highest BCUT2D eigenvalue weighted by Gasteiger charge is 2.06. The van der Waals surface area contributed by atoms with Gasteiger partial charge in [0.05, 0.1) is 5.52 Å². The summed E-state index contributed by atoms with van der Waals surface area (Å²) in [6.07, 6.45) is 5.28. The molecule has 0 fully saturated rings. The van der Waals surface area contributed by atoms with Crippen LogP contribution in [0.2, 0.25) is 5.02 Å². The SMILES string of the molecule is Cc1cc(C)c(/C=C/C(=O)c2ccc(Nc3ccnc4cc(Cl)ccc34)cc2)cc1C. The number of ketones is 1. The van der Waals surface area contributed by atoms with Gasteiger partial charge in [0.1, 0.15) is 0 Å². The van der Waals surface area contributed by atoms with E-state index in [0.29, 0.717) is 10.6 Å². The first-order chi connectivity index (χ1) is 14.9. The summed E-state index contributed by atoms with van der Waals surface area (Å²) in [4.78, 5) is 17.0. The van der Waals surface area contributed by atoms with Crippen molar-refractivity contribution in [2.75, 3.05) is 5.32 Å². The van der Waals surface area contributed by atoms with E-state index in [1.54, 1.807) is 12.3 Å². The number of carbonyl (C=O) groups is 1. The number of benzene rings is 3. The Morgan fingerprint density at radius 1 is 0.903 bits per heavy atom. The van der Waals surface area contributed by atoms with E-state index in [-0.39, 0.29) is 5.78 Å². The van der Waals surface area contributed by atoms with E-state index in [9.17, 15) is 4.79 Å². The number of nitrogens with one attached hydrogen (secondary N) is 1. The van der Waals surface area contributed by atoms with Gasteiger partial charge in [-0.2, -0.15) is 0 Å². The van der Waals surface area contributed by atoms with Crippen molar-refractivity contribution >= 4 is 45.7 Å². The molecule has 0 spiro atoms. The third-order valence-electron chi connectivity index (χ3n) is 5.45. The van der Waals surface area contributed by atoms with Gasteiger partial charge >= 0.3 is 0 Å². The summed E-state index contributed by atoms with van der Waals surface area (Å²) in [5.74, 6) is -0.0202. The summed E-state index contributed by atoms with van der Waals surface area (Å²) < 4.78 is 0. The minimum absolute atomic E-state index is 0.0202. The number of carbonyl (C=O) groups excluding carboxylic acids is 1. The number of rotatable bonds is 5. The fourth-order valence-electron chi connectivity index (χ4n) is 3.53. The summed E-state index contributed by atoms with van der Waals surface area (Å²) in [5, 5.41) is 5.04. The molecular weight excluding hydrogens is 404 g/mol. The number of fused-ring (bicyclic) bond motifs is 1. The van der Waals surface area contributed by atoms with Crippen molar-refractivity contribution in [3.8, 4) is 0 Å². The maximum atomic E-state index is 12.6. The molecule has 0 saturated carbocycles. The number of allylic oxidation sites excluding steroid dienone is 1. The van der Waals surface area contributed by atoms with Gasteiger partial charge in [0.2, 0.25) is 0 Å². The number of nitrogens with zero attached hydrogens (tertiary/aromatic N) is 1. The van der Waals surface area contributed by atoms with Crippen molar-refractivity contribution in [1.82, 2.24) is 4.98 Å². The summed E-state index contributed by atoms with van der Waals surface area (Å²) in [5.41, 5.74) is 8.02. The van der Waals surface area contributed by atoms with Gasteiger partial charge < -0.3 is 5.32 Å². The molecule has 4 rings (SSSR count). The van der Waals surface area contributed by atoms with Crippen LogP contribution in [-0.4, -0.2) is 10.8 Å². The highest BCUT2D eigenvalue weighted by molar-refractivity contribution is 6.31. The van der Waals surface area contributed by atoms with Gasteiger partial charge in [-0.1, -0.05) is 29.8 Å². The Kier molecular flexibility index (Phi) is 5.88.